The Bertz CT molecular complexity index is 303. The van der Waals surface area contributed by atoms with Crippen LogP contribution in [0.3, 0.4) is 0 Å². The Labute approximate surface area is 89.7 Å². The van der Waals surface area contributed by atoms with Crippen molar-refractivity contribution in [2.24, 2.45) is 0 Å². The number of aryl methyl sites for hydroxylation is 1. The van der Waals surface area contributed by atoms with Gasteiger partial charge < -0.3 is 9.84 Å². The topological polar surface area (TPSA) is 46.5 Å². The molecule has 82 valence electrons. The highest BCUT2D eigenvalue weighted by molar-refractivity contribution is 5.66. The molecule has 0 bridgehead atoms. The molecule has 3 nitrogen and oxygen atoms in total. The zero-order valence-corrected chi connectivity index (χ0v) is 8.90. The van der Waals surface area contributed by atoms with Crippen molar-refractivity contribution in [2.45, 2.75) is 25.7 Å². The van der Waals surface area contributed by atoms with E-state index in [1.807, 2.05) is 24.3 Å². The predicted molar refractivity (Wildman–Crippen MR) is 58.2 cm³/mol. The summed E-state index contributed by atoms with van der Waals surface area (Å²) in [7, 11) is 1.64. The molecule has 0 saturated heterocycles. The molecule has 1 aromatic rings. The maximum absolute atomic E-state index is 10.3. The lowest BCUT2D eigenvalue weighted by Crippen LogP contribution is -1.94. The van der Waals surface area contributed by atoms with Crippen molar-refractivity contribution in [3.8, 4) is 5.75 Å². The highest BCUT2D eigenvalue weighted by Crippen LogP contribution is 2.13. The smallest absolute Gasteiger partial charge is 0.303 e. The van der Waals surface area contributed by atoms with E-state index in [0.29, 0.717) is 0 Å². The molecule has 0 aliphatic rings. The van der Waals surface area contributed by atoms with Crippen LogP contribution in [-0.2, 0) is 11.2 Å². The van der Waals surface area contributed by atoms with Crippen molar-refractivity contribution < 1.29 is 14.6 Å². The summed E-state index contributed by atoms with van der Waals surface area (Å²) in [6, 6.07) is 7.87. The number of rotatable bonds is 6. The summed E-state index contributed by atoms with van der Waals surface area (Å²) in [5.41, 5.74) is 1.22. The summed E-state index contributed by atoms with van der Waals surface area (Å²) < 4.78 is 5.05. The molecule has 1 aromatic carbocycles. The Kier molecular flexibility index (Phi) is 4.68. The van der Waals surface area contributed by atoms with Crippen LogP contribution in [0.25, 0.3) is 0 Å². The summed E-state index contributed by atoms with van der Waals surface area (Å²) in [5, 5.41) is 8.46. The van der Waals surface area contributed by atoms with Gasteiger partial charge in [0.05, 0.1) is 7.11 Å². The lowest BCUT2D eigenvalue weighted by atomic mass is 10.1. The SMILES string of the molecule is COc1ccc(CCCCC(=O)O)cc1. The Morgan fingerprint density at radius 1 is 1.27 bits per heavy atom. The second-order valence-corrected chi connectivity index (χ2v) is 3.45. The average molecular weight is 208 g/mol. The molecule has 1 N–H and O–H groups in total. The van der Waals surface area contributed by atoms with E-state index in [-0.39, 0.29) is 6.42 Å². The van der Waals surface area contributed by atoms with Crippen molar-refractivity contribution in [1.82, 2.24) is 0 Å². The molecule has 0 aromatic heterocycles. The molecule has 0 radical (unpaired) electrons. The third-order valence-corrected chi connectivity index (χ3v) is 2.27. The fourth-order valence-corrected chi connectivity index (χ4v) is 1.40. The molecule has 0 saturated carbocycles. The highest BCUT2D eigenvalue weighted by atomic mass is 16.5. The van der Waals surface area contributed by atoms with Gasteiger partial charge in [0.25, 0.3) is 0 Å². The fourth-order valence-electron chi connectivity index (χ4n) is 1.40. The van der Waals surface area contributed by atoms with Gasteiger partial charge in [0.2, 0.25) is 0 Å². The summed E-state index contributed by atoms with van der Waals surface area (Å²) in [4.78, 5) is 10.3. The van der Waals surface area contributed by atoms with Gasteiger partial charge in [-0.3, -0.25) is 4.79 Å². The van der Waals surface area contributed by atoms with Crippen LogP contribution in [0.2, 0.25) is 0 Å². The monoisotopic (exact) mass is 208 g/mol. The van der Waals surface area contributed by atoms with Crippen molar-refractivity contribution in [3.05, 3.63) is 29.8 Å². The van der Waals surface area contributed by atoms with Crippen LogP contribution in [0.15, 0.2) is 24.3 Å². The normalized spacial score (nSPS) is 9.93. The Morgan fingerprint density at radius 2 is 1.93 bits per heavy atom. The maximum Gasteiger partial charge on any atom is 0.303 e. The van der Waals surface area contributed by atoms with Gasteiger partial charge in [-0.2, -0.15) is 0 Å². The largest absolute Gasteiger partial charge is 0.497 e. The molecule has 15 heavy (non-hydrogen) atoms. The van der Waals surface area contributed by atoms with Crippen LogP contribution in [0.5, 0.6) is 5.75 Å². The van der Waals surface area contributed by atoms with E-state index in [9.17, 15) is 4.79 Å². The summed E-state index contributed by atoms with van der Waals surface area (Å²) >= 11 is 0. The van der Waals surface area contributed by atoms with Crippen LogP contribution in [-0.4, -0.2) is 18.2 Å². The number of carboxylic acid groups (broad SMARTS) is 1. The minimum atomic E-state index is -0.718. The molecular formula is C12H16O3. The number of carbonyl (C=O) groups is 1. The quantitative estimate of drug-likeness (QED) is 0.730. The van der Waals surface area contributed by atoms with Crippen molar-refractivity contribution in [3.63, 3.8) is 0 Å². The maximum atomic E-state index is 10.3. The van der Waals surface area contributed by atoms with Crippen molar-refractivity contribution >= 4 is 5.97 Å². The molecule has 0 unspecified atom stereocenters. The van der Waals surface area contributed by atoms with E-state index < -0.39 is 5.97 Å². The minimum Gasteiger partial charge on any atom is -0.497 e. The first kappa shape index (κ1) is 11.6. The second-order valence-electron chi connectivity index (χ2n) is 3.45. The zero-order valence-electron chi connectivity index (χ0n) is 8.90. The van der Waals surface area contributed by atoms with E-state index in [0.717, 1.165) is 25.0 Å². The number of carboxylic acids is 1. The van der Waals surface area contributed by atoms with Crippen LogP contribution in [0.1, 0.15) is 24.8 Å². The van der Waals surface area contributed by atoms with Crippen LogP contribution >= 0.6 is 0 Å². The number of hydrogen-bond donors (Lipinski definition) is 1. The molecule has 0 heterocycles. The van der Waals surface area contributed by atoms with Gasteiger partial charge in [0, 0.05) is 6.42 Å². The fraction of sp³-hybridized carbons (Fsp3) is 0.417. The lowest BCUT2D eigenvalue weighted by Gasteiger charge is -2.02. The molecule has 0 atom stereocenters. The van der Waals surface area contributed by atoms with Crippen LogP contribution in [0, 0.1) is 0 Å². The van der Waals surface area contributed by atoms with Crippen LogP contribution in [0.4, 0.5) is 0 Å². The molecule has 0 fully saturated rings. The van der Waals surface area contributed by atoms with Gasteiger partial charge in [0.1, 0.15) is 5.75 Å². The molecule has 0 aliphatic heterocycles. The van der Waals surface area contributed by atoms with Gasteiger partial charge in [-0.15, -0.1) is 0 Å². The average Bonchev–Trinajstić information content (AvgIpc) is 2.25. The number of hydrogen-bond acceptors (Lipinski definition) is 2. The number of methoxy groups -OCH3 is 1. The lowest BCUT2D eigenvalue weighted by molar-refractivity contribution is -0.137. The number of aliphatic carboxylic acids is 1. The third kappa shape index (κ3) is 4.49. The van der Waals surface area contributed by atoms with Gasteiger partial charge in [0.15, 0.2) is 0 Å². The summed E-state index contributed by atoms with van der Waals surface area (Å²) in [6.45, 7) is 0. The first-order valence-electron chi connectivity index (χ1n) is 5.07. The van der Waals surface area contributed by atoms with E-state index >= 15 is 0 Å². The number of unbranched alkanes of at least 4 members (excludes halogenated alkanes) is 1. The van der Waals surface area contributed by atoms with Gasteiger partial charge >= 0.3 is 5.97 Å². The minimum absolute atomic E-state index is 0.260. The van der Waals surface area contributed by atoms with Crippen molar-refractivity contribution in [1.29, 1.82) is 0 Å². The molecule has 0 amide bonds. The highest BCUT2D eigenvalue weighted by Gasteiger charge is 1.98. The van der Waals surface area contributed by atoms with Crippen LogP contribution < -0.4 is 4.74 Å². The molecule has 0 spiro atoms. The van der Waals surface area contributed by atoms with E-state index in [2.05, 4.69) is 0 Å². The van der Waals surface area contributed by atoms with E-state index in [4.69, 9.17) is 9.84 Å². The Balaban J connectivity index is 2.28. The number of benzene rings is 1. The predicted octanol–water partition coefficient (Wildman–Crippen LogP) is 2.49. The first-order valence-corrected chi connectivity index (χ1v) is 5.07. The van der Waals surface area contributed by atoms with E-state index in [1.165, 1.54) is 5.56 Å². The molecule has 1 rings (SSSR count). The molecule has 3 heteroatoms. The molecular weight excluding hydrogens is 192 g/mol. The van der Waals surface area contributed by atoms with Gasteiger partial charge in [-0.05, 0) is 37.0 Å². The number of ether oxygens (including phenoxy) is 1. The zero-order chi connectivity index (χ0) is 11.1. The first-order chi connectivity index (χ1) is 7.22. The summed E-state index contributed by atoms with van der Waals surface area (Å²) in [6.07, 6.45) is 2.84. The van der Waals surface area contributed by atoms with Gasteiger partial charge in [-0.1, -0.05) is 12.1 Å². The Morgan fingerprint density at radius 3 is 2.47 bits per heavy atom. The summed E-state index contributed by atoms with van der Waals surface area (Å²) in [5.74, 6) is 0.133. The Hall–Kier alpha value is -1.51. The van der Waals surface area contributed by atoms with Crippen molar-refractivity contribution in [2.75, 3.05) is 7.11 Å². The molecule has 0 aliphatic carbocycles. The van der Waals surface area contributed by atoms with Gasteiger partial charge in [-0.25, -0.2) is 0 Å². The third-order valence-electron chi connectivity index (χ3n) is 2.27. The standard InChI is InChI=1S/C12H16O3/c1-15-11-8-6-10(7-9-11)4-2-3-5-12(13)14/h6-9H,2-5H2,1H3,(H,13,14). The van der Waals surface area contributed by atoms with E-state index in [1.54, 1.807) is 7.11 Å². The second kappa shape index (κ2) is 6.06.